The summed E-state index contributed by atoms with van der Waals surface area (Å²) in [6.07, 6.45) is 0.428. The van der Waals surface area contributed by atoms with Crippen molar-refractivity contribution in [3.8, 4) is 0 Å². The van der Waals surface area contributed by atoms with Crippen LogP contribution in [0.3, 0.4) is 0 Å². The number of benzene rings is 1. The Morgan fingerprint density at radius 1 is 1.48 bits per heavy atom. The average molecular weight is 318 g/mol. The van der Waals surface area contributed by atoms with E-state index in [1.165, 1.54) is 0 Å². The highest BCUT2D eigenvalue weighted by Gasteiger charge is 2.42. The van der Waals surface area contributed by atoms with E-state index in [0.717, 1.165) is 18.2 Å². The second kappa shape index (κ2) is 5.37. The number of nitro benzene ring substituents is 1. The number of halogens is 1. The predicted molar refractivity (Wildman–Crippen MR) is 67.6 cm³/mol. The summed E-state index contributed by atoms with van der Waals surface area (Å²) in [4.78, 5) is 20.0. The zero-order valence-corrected chi connectivity index (χ0v) is 11.4. The van der Waals surface area contributed by atoms with Gasteiger partial charge < -0.3 is 5.11 Å². The zero-order valence-electron chi connectivity index (χ0n) is 10.6. The molecule has 1 atom stereocenters. The van der Waals surface area contributed by atoms with Crippen LogP contribution in [0.2, 0.25) is 0 Å². The number of aliphatic carboxylic acids is 1. The molecule has 1 heterocycles. The molecule has 114 valence electrons. The van der Waals surface area contributed by atoms with Crippen LogP contribution in [-0.4, -0.2) is 41.3 Å². The topological polar surface area (TPSA) is 118 Å². The zero-order chi connectivity index (χ0) is 15.8. The smallest absolute Gasteiger partial charge is 0.324 e. The van der Waals surface area contributed by atoms with Gasteiger partial charge in [0, 0.05) is 6.54 Å². The van der Waals surface area contributed by atoms with Gasteiger partial charge in [-0.15, -0.1) is 0 Å². The van der Waals surface area contributed by atoms with Gasteiger partial charge in [-0.25, -0.2) is 8.42 Å². The Hall–Kier alpha value is -2.07. The van der Waals surface area contributed by atoms with Gasteiger partial charge in [-0.05, 0) is 25.0 Å². The summed E-state index contributed by atoms with van der Waals surface area (Å²) >= 11 is 0. The van der Waals surface area contributed by atoms with Gasteiger partial charge in [-0.1, -0.05) is 6.07 Å². The molecule has 1 aliphatic heterocycles. The number of nitrogens with zero attached hydrogens (tertiary/aromatic N) is 2. The fourth-order valence-electron chi connectivity index (χ4n) is 2.28. The van der Waals surface area contributed by atoms with Crippen LogP contribution in [0.25, 0.3) is 0 Å². The minimum absolute atomic E-state index is 0.0764. The van der Waals surface area contributed by atoms with Crippen molar-refractivity contribution in [3.05, 3.63) is 34.1 Å². The van der Waals surface area contributed by atoms with Gasteiger partial charge in [0.25, 0.3) is 10.0 Å². The summed E-state index contributed by atoms with van der Waals surface area (Å²) in [5.74, 6) is -2.62. The second-order valence-corrected chi connectivity index (χ2v) is 6.31. The van der Waals surface area contributed by atoms with Crippen molar-refractivity contribution in [2.75, 3.05) is 6.54 Å². The number of carboxylic acids is 1. The van der Waals surface area contributed by atoms with Gasteiger partial charge in [-0.2, -0.15) is 8.70 Å². The number of carboxylic acid groups (broad SMARTS) is 1. The van der Waals surface area contributed by atoms with Gasteiger partial charge >= 0.3 is 11.7 Å². The highest BCUT2D eigenvalue weighted by atomic mass is 32.2. The van der Waals surface area contributed by atoms with Gasteiger partial charge in [0.05, 0.1) is 4.92 Å². The molecular weight excluding hydrogens is 307 g/mol. The van der Waals surface area contributed by atoms with Gasteiger partial charge in [-0.3, -0.25) is 14.9 Å². The van der Waals surface area contributed by atoms with Crippen molar-refractivity contribution in [1.82, 2.24) is 4.31 Å². The Morgan fingerprint density at radius 3 is 2.71 bits per heavy atom. The third-order valence-corrected chi connectivity index (χ3v) is 5.15. The van der Waals surface area contributed by atoms with Crippen LogP contribution in [0.15, 0.2) is 23.1 Å². The highest BCUT2D eigenvalue weighted by Crippen LogP contribution is 2.32. The fraction of sp³-hybridized carbons (Fsp3) is 0.364. The third-order valence-electron chi connectivity index (χ3n) is 3.21. The number of para-hydroxylation sites is 1. The lowest BCUT2D eigenvalue weighted by molar-refractivity contribution is -0.390. The minimum Gasteiger partial charge on any atom is -0.480 e. The third kappa shape index (κ3) is 2.59. The first kappa shape index (κ1) is 15.3. The molecular formula is C11H11FN2O6S. The number of hydrogen-bond acceptors (Lipinski definition) is 5. The molecule has 0 unspecified atom stereocenters. The van der Waals surface area contributed by atoms with E-state index in [2.05, 4.69) is 0 Å². The Balaban J connectivity index is 2.58. The maximum Gasteiger partial charge on any atom is 0.324 e. The Morgan fingerprint density at radius 2 is 2.14 bits per heavy atom. The van der Waals surface area contributed by atoms with Gasteiger partial charge in [0.15, 0.2) is 4.90 Å². The van der Waals surface area contributed by atoms with Crippen molar-refractivity contribution in [3.63, 3.8) is 0 Å². The number of rotatable bonds is 4. The van der Waals surface area contributed by atoms with Crippen LogP contribution in [-0.2, 0) is 14.8 Å². The predicted octanol–water partition coefficient (Wildman–Crippen LogP) is 0.972. The number of carbonyl (C=O) groups is 1. The molecule has 8 nitrogen and oxygen atoms in total. The molecule has 0 bridgehead atoms. The maximum absolute atomic E-state index is 13.5. The lowest BCUT2D eigenvalue weighted by atomic mass is 10.2. The van der Waals surface area contributed by atoms with Crippen molar-refractivity contribution >= 4 is 21.7 Å². The second-order valence-electron chi connectivity index (χ2n) is 4.46. The molecule has 1 aliphatic rings. The summed E-state index contributed by atoms with van der Waals surface area (Å²) < 4.78 is 39.0. The first-order valence-electron chi connectivity index (χ1n) is 5.94. The van der Waals surface area contributed by atoms with E-state index >= 15 is 0 Å². The fourth-order valence-corrected chi connectivity index (χ4v) is 4.10. The van der Waals surface area contributed by atoms with Gasteiger partial charge in [0.1, 0.15) is 6.04 Å². The van der Waals surface area contributed by atoms with Crippen LogP contribution in [0.1, 0.15) is 12.8 Å². The summed E-state index contributed by atoms with van der Waals surface area (Å²) in [7, 11) is -4.46. The number of sulfonamides is 1. The first-order chi connectivity index (χ1) is 9.76. The molecule has 0 amide bonds. The lowest BCUT2D eigenvalue weighted by Gasteiger charge is -2.20. The van der Waals surface area contributed by atoms with E-state index in [0.29, 0.717) is 10.7 Å². The Labute approximate surface area is 119 Å². The number of nitro groups is 1. The molecule has 2 rings (SSSR count). The van der Waals surface area contributed by atoms with E-state index in [9.17, 15) is 27.7 Å². The van der Waals surface area contributed by atoms with E-state index in [-0.39, 0.29) is 13.0 Å². The number of hydrogen-bond donors (Lipinski definition) is 1. The average Bonchev–Trinajstić information content (AvgIpc) is 2.87. The molecule has 0 saturated carbocycles. The lowest BCUT2D eigenvalue weighted by Crippen LogP contribution is -2.40. The van der Waals surface area contributed by atoms with Crippen molar-refractivity contribution in [2.45, 2.75) is 23.8 Å². The molecule has 1 aromatic rings. The Kier molecular flexibility index (Phi) is 3.92. The summed E-state index contributed by atoms with van der Waals surface area (Å²) in [6.45, 7) is -0.0764. The first-order valence-corrected chi connectivity index (χ1v) is 7.38. The van der Waals surface area contributed by atoms with Crippen LogP contribution in [0.5, 0.6) is 0 Å². The monoisotopic (exact) mass is 318 g/mol. The minimum atomic E-state index is -4.46. The Bertz CT molecular complexity index is 705. The van der Waals surface area contributed by atoms with Crippen LogP contribution in [0.4, 0.5) is 10.1 Å². The quantitative estimate of drug-likeness (QED) is 0.653. The standard InChI is InChI=1S/C11H11FN2O6S/c12-7-3-1-5-9(10(7)14(17)18)21(19,20)13-6-2-4-8(13)11(15)16/h1,3,5,8H,2,4,6H2,(H,15,16)/t8-/m0/s1. The molecule has 1 N–H and O–H groups in total. The van der Waals surface area contributed by atoms with Crippen LogP contribution >= 0.6 is 0 Å². The molecule has 0 aromatic heterocycles. The van der Waals surface area contributed by atoms with E-state index < -0.39 is 43.4 Å². The van der Waals surface area contributed by atoms with E-state index in [1.807, 2.05) is 0 Å². The molecule has 1 fully saturated rings. The van der Waals surface area contributed by atoms with E-state index in [4.69, 9.17) is 5.11 Å². The molecule has 0 aliphatic carbocycles. The van der Waals surface area contributed by atoms with Crippen LogP contribution < -0.4 is 0 Å². The largest absolute Gasteiger partial charge is 0.480 e. The van der Waals surface area contributed by atoms with Crippen LogP contribution in [0, 0.1) is 15.9 Å². The highest BCUT2D eigenvalue weighted by molar-refractivity contribution is 7.89. The summed E-state index contributed by atoms with van der Waals surface area (Å²) in [5, 5.41) is 19.9. The molecule has 0 radical (unpaired) electrons. The molecule has 0 spiro atoms. The molecule has 1 aromatic carbocycles. The van der Waals surface area contributed by atoms with Crippen molar-refractivity contribution in [2.24, 2.45) is 0 Å². The maximum atomic E-state index is 13.5. The normalized spacial score (nSPS) is 19.6. The molecule has 10 heteroatoms. The summed E-state index contributed by atoms with van der Waals surface area (Å²) in [6, 6.07) is 1.41. The molecule has 1 saturated heterocycles. The SMILES string of the molecule is O=C(O)[C@@H]1CCCN1S(=O)(=O)c1cccc(F)c1[N+](=O)[O-]. The van der Waals surface area contributed by atoms with Crippen molar-refractivity contribution < 1.29 is 27.6 Å². The molecule has 21 heavy (non-hydrogen) atoms. The van der Waals surface area contributed by atoms with Gasteiger partial charge in [0.2, 0.25) is 5.82 Å². The van der Waals surface area contributed by atoms with E-state index in [1.54, 1.807) is 0 Å². The van der Waals surface area contributed by atoms with Crippen molar-refractivity contribution in [1.29, 1.82) is 0 Å². The summed E-state index contributed by atoms with van der Waals surface area (Å²) in [5.41, 5.74) is -1.17.